The van der Waals surface area contributed by atoms with Gasteiger partial charge in [-0.25, -0.2) is 18.2 Å². The third-order valence-electron chi connectivity index (χ3n) is 7.13. The maximum absolute atomic E-state index is 14.6. The van der Waals surface area contributed by atoms with Crippen LogP contribution in [0.1, 0.15) is 26.3 Å². The number of hydrogen-bond acceptors (Lipinski definition) is 7. The molecule has 0 fully saturated rings. The highest BCUT2D eigenvalue weighted by molar-refractivity contribution is 7.93. The average Bonchev–Trinajstić information content (AvgIpc) is 3.06. The van der Waals surface area contributed by atoms with Crippen LogP contribution in [0.25, 0.3) is 21.8 Å². The molecular weight excluding hydrogens is 576 g/mol. The Hall–Kier alpha value is -5.54. The number of nitrogens with zero attached hydrogens (tertiary/aromatic N) is 2. The van der Waals surface area contributed by atoms with Crippen molar-refractivity contribution in [2.24, 2.45) is 0 Å². The van der Waals surface area contributed by atoms with E-state index in [4.69, 9.17) is 9.47 Å². The molecule has 5 aromatic carbocycles. The number of esters is 1. The number of benzene rings is 5. The van der Waals surface area contributed by atoms with Crippen molar-refractivity contribution in [3.63, 3.8) is 0 Å². The topological polar surface area (TPSA) is 103 Å². The highest BCUT2D eigenvalue weighted by Gasteiger charge is 2.34. The number of hydrogen-bond donors (Lipinski definition) is 0. The molecule has 9 heteroatoms. The van der Waals surface area contributed by atoms with Crippen LogP contribution in [-0.4, -0.2) is 32.4 Å². The molecule has 44 heavy (non-hydrogen) atoms. The van der Waals surface area contributed by atoms with Crippen molar-refractivity contribution in [2.75, 3.05) is 11.4 Å². The molecule has 1 heterocycles. The summed E-state index contributed by atoms with van der Waals surface area (Å²) in [5.74, 6) is -0.858. The van der Waals surface area contributed by atoms with Gasteiger partial charge in [-0.3, -0.25) is 4.79 Å². The van der Waals surface area contributed by atoms with E-state index >= 15 is 0 Å². The zero-order chi connectivity index (χ0) is 30.7. The van der Waals surface area contributed by atoms with E-state index in [2.05, 4.69) is 4.98 Å². The van der Waals surface area contributed by atoms with E-state index in [-0.39, 0.29) is 28.3 Å². The van der Waals surface area contributed by atoms with Crippen LogP contribution >= 0.6 is 0 Å². The van der Waals surface area contributed by atoms with Crippen LogP contribution in [0.15, 0.2) is 132 Å². The maximum atomic E-state index is 14.6. The molecule has 0 saturated heterocycles. The number of pyridine rings is 1. The molecule has 1 amide bonds. The van der Waals surface area contributed by atoms with Gasteiger partial charge in [-0.05, 0) is 66.2 Å². The van der Waals surface area contributed by atoms with Crippen LogP contribution in [0.4, 0.5) is 5.69 Å². The number of carbonyl (C=O) groups excluding carboxylic acids is 2. The first-order chi connectivity index (χ1) is 21.4. The molecule has 0 bridgehead atoms. The van der Waals surface area contributed by atoms with E-state index in [1.54, 1.807) is 48.5 Å². The first-order valence-corrected chi connectivity index (χ1v) is 15.1. The normalized spacial score (nSPS) is 11.3. The predicted molar refractivity (Wildman–Crippen MR) is 168 cm³/mol. The van der Waals surface area contributed by atoms with Crippen LogP contribution in [0.5, 0.6) is 5.75 Å². The average molecular weight is 603 g/mol. The number of amides is 1. The molecule has 0 spiro atoms. The summed E-state index contributed by atoms with van der Waals surface area (Å²) in [5.41, 5.74) is 2.43. The first-order valence-electron chi connectivity index (χ1n) is 13.7. The molecule has 0 aliphatic rings. The smallest absolute Gasteiger partial charge is 0.338 e. The molecule has 1 aromatic heterocycles. The van der Waals surface area contributed by atoms with Crippen molar-refractivity contribution in [1.82, 2.24) is 4.98 Å². The summed E-state index contributed by atoms with van der Waals surface area (Å²) in [6.07, 6.45) is 0. The van der Waals surface area contributed by atoms with Gasteiger partial charge < -0.3 is 9.47 Å². The third kappa shape index (κ3) is 5.48. The second-order valence-corrected chi connectivity index (χ2v) is 11.7. The maximum Gasteiger partial charge on any atom is 0.338 e. The van der Waals surface area contributed by atoms with Gasteiger partial charge in [-0.2, -0.15) is 4.31 Å². The number of ether oxygens (including phenoxy) is 2. The zero-order valence-electron chi connectivity index (χ0n) is 23.6. The van der Waals surface area contributed by atoms with E-state index in [1.165, 1.54) is 43.5 Å². The number of sulfonamides is 1. The van der Waals surface area contributed by atoms with Gasteiger partial charge in [-0.15, -0.1) is 0 Å². The molecule has 8 nitrogen and oxygen atoms in total. The lowest BCUT2D eigenvalue weighted by Crippen LogP contribution is -2.37. The van der Waals surface area contributed by atoms with Crippen LogP contribution < -0.4 is 9.04 Å². The molecule has 218 valence electrons. The fourth-order valence-corrected chi connectivity index (χ4v) is 6.33. The van der Waals surface area contributed by atoms with Crippen molar-refractivity contribution in [2.45, 2.75) is 11.5 Å². The zero-order valence-corrected chi connectivity index (χ0v) is 24.4. The lowest BCUT2D eigenvalue weighted by molar-refractivity contribution is 0.0472. The van der Waals surface area contributed by atoms with Crippen LogP contribution in [-0.2, 0) is 21.4 Å². The molecule has 0 radical (unpaired) electrons. The minimum Gasteiger partial charge on any atom is -0.497 e. The van der Waals surface area contributed by atoms with Crippen molar-refractivity contribution >= 4 is 49.4 Å². The molecule has 0 aliphatic heterocycles. The summed E-state index contributed by atoms with van der Waals surface area (Å²) in [6.45, 7) is 0.0767. The highest BCUT2D eigenvalue weighted by atomic mass is 32.2. The lowest BCUT2D eigenvalue weighted by atomic mass is 10.0. The standard InChI is InChI=1S/C35H26N2O6S/c1-42-27-19-17-26(18-20-27)37(34(38)33-29-11-5-7-13-31(29)36-32-14-8-6-12-30(32)33)44(40,41)28-21-15-25(16-22-28)35(39)43-23-24-9-3-2-4-10-24/h2-22H,23H2,1H3. The Morgan fingerprint density at radius 1 is 0.705 bits per heavy atom. The molecule has 6 aromatic rings. The van der Waals surface area contributed by atoms with Gasteiger partial charge in [0.05, 0.1) is 39.9 Å². The van der Waals surface area contributed by atoms with Crippen molar-refractivity contribution in [3.05, 3.63) is 144 Å². The number of methoxy groups -OCH3 is 1. The van der Waals surface area contributed by atoms with E-state index in [1.807, 2.05) is 42.5 Å². The molecule has 0 atom stereocenters. The molecule has 0 unspecified atom stereocenters. The Morgan fingerprint density at radius 2 is 1.27 bits per heavy atom. The van der Waals surface area contributed by atoms with E-state index in [0.717, 1.165) is 9.87 Å². The van der Waals surface area contributed by atoms with E-state index in [9.17, 15) is 18.0 Å². The predicted octanol–water partition coefficient (Wildman–Crippen LogP) is 6.79. The Labute approximate surface area is 254 Å². The largest absolute Gasteiger partial charge is 0.497 e. The van der Waals surface area contributed by atoms with E-state index < -0.39 is 21.9 Å². The number of para-hydroxylation sites is 2. The molecule has 0 N–H and O–H groups in total. The summed E-state index contributed by atoms with van der Waals surface area (Å²) in [4.78, 5) is 31.7. The fraction of sp³-hybridized carbons (Fsp3) is 0.0571. The Balaban J connectivity index is 1.42. The van der Waals surface area contributed by atoms with Gasteiger partial charge in [-0.1, -0.05) is 66.7 Å². The highest BCUT2D eigenvalue weighted by Crippen LogP contribution is 2.33. The van der Waals surface area contributed by atoms with Crippen LogP contribution in [0.2, 0.25) is 0 Å². The number of anilines is 1. The minimum absolute atomic E-state index is 0.0767. The van der Waals surface area contributed by atoms with E-state index in [0.29, 0.717) is 27.6 Å². The number of fused-ring (bicyclic) bond motifs is 2. The lowest BCUT2D eigenvalue weighted by Gasteiger charge is -2.24. The van der Waals surface area contributed by atoms with Crippen molar-refractivity contribution < 1.29 is 27.5 Å². The summed E-state index contributed by atoms with van der Waals surface area (Å²) in [7, 11) is -2.99. The van der Waals surface area contributed by atoms with Gasteiger partial charge in [0.15, 0.2) is 0 Å². The summed E-state index contributed by atoms with van der Waals surface area (Å²) in [5, 5.41) is 1.03. The molecule has 0 aliphatic carbocycles. The van der Waals surface area contributed by atoms with Gasteiger partial charge in [0, 0.05) is 10.8 Å². The number of rotatable bonds is 8. The van der Waals surface area contributed by atoms with Crippen LogP contribution in [0.3, 0.4) is 0 Å². The minimum atomic E-state index is -4.49. The van der Waals surface area contributed by atoms with Gasteiger partial charge in [0.2, 0.25) is 0 Å². The number of carbonyl (C=O) groups is 2. The Bertz CT molecular complexity index is 2040. The SMILES string of the molecule is COc1ccc(N(C(=O)c2c3ccccc3nc3ccccc23)S(=O)(=O)c2ccc(C(=O)OCc3ccccc3)cc2)cc1. The first kappa shape index (κ1) is 28.6. The summed E-state index contributed by atoms with van der Waals surface area (Å²) < 4.78 is 40.0. The summed E-state index contributed by atoms with van der Waals surface area (Å²) >= 11 is 0. The second kappa shape index (κ2) is 12.0. The van der Waals surface area contributed by atoms with Crippen molar-refractivity contribution in [1.29, 1.82) is 0 Å². The molecular formula is C35H26N2O6S. The second-order valence-electron chi connectivity index (χ2n) is 9.88. The summed E-state index contributed by atoms with van der Waals surface area (Å²) in [6, 6.07) is 34.9. The van der Waals surface area contributed by atoms with Crippen molar-refractivity contribution in [3.8, 4) is 5.75 Å². The molecule has 6 rings (SSSR count). The Kier molecular flexibility index (Phi) is 7.78. The van der Waals surface area contributed by atoms with Gasteiger partial charge >= 0.3 is 5.97 Å². The fourth-order valence-electron chi connectivity index (χ4n) is 4.93. The Morgan fingerprint density at radius 3 is 1.86 bits per heavy atom. The van der Waals surface area contributed by atoms with Gasteiger partial charge in [0.25, 0.3) is 15.9 Å². The molecule has 0 saturated carbocycles. The monoisotopic (exact) mass is 602 g/mol. The third-order valence-corrected chi connectivity index (χ3v) is 8.86. The quantitative estimate of drug-likeness (QED) is 0.140. The van der Waals surface area contributed by atoms with Crippen LogP contribution in [0, 0.1) is 0 Å². The van der Waals surface area contributed by atoms with Gasteiger partial charge in [0.1, 0.15) is 12.4 Å². The number of aromatic nitrogens is 1.